The predicted octanol–water partition coefficient (Wildman–Crippen LogP) is 6.20. The molecule has 7 nitrogen and oxygen atoms in total. The molecule has 4 aromatic rings. The highest BCUT2D eigenvalue weighted by atomic mass is 35.5. The van der Waals surface area contributed by atoms with Crippen molar-refractivity contribution >= 4 is 43.8 Å². The lowest BCUT2D eigenvalue weighted by Crippen LogP contribution is -2.42. The van der Waals surface area contributed by atoms with Gasteiger partial charge in [0.05, 0.1) is 17.0 Å². The van der Waals surface area contributed by atoms with Gasteiger partial charge in [-0.1, -0.05) is 41.0 Å². The van der Waals surface area contributed by atoms with E-state index >= 15 is 4.39 Å². The van der Waals surface area contributed by atoms with Crippen molar-refractivity contribution in [3.63, 3.8) is 0 Å². The second-order valence-electron chi connectivity index (χ2n) is 10.2. The fraction of sp³-hybridized carbons (Fsp3) is 0.333. The fourth-order valence-corrected chi connectivity index (χ4v) is 5.81. The van der Waals surface area contributed by atoms with Crippen molar-refractivity contribution < 1.29 is 21.9 Å². The molecule has 0 aliphatic carbocycles. The van der Waals surface area contributed by atoms with Crippen molar-refractivity contribution in [1.82, 2.24) is 14.9 Å². The summed E-state index contributed by atoms with van der Waals surface area (Å²) in [6.07, 6.45) is -0.0618. The maximum absolute atomic E-state index is 15.0. The molecule has 38 heavy (non-hydrogen) atoms. The summed E-state index contributed by atoms with van der Waals surface area (Å²) < 4.78 is 61.7. The Morgan fingerprint density at radius 2 is 1.84 bits per heavy atom. The standard InChI is InChI=1S/C27H29ClFN3O4S2/c1-16(2)38(34,35)25-13-12-21(29)23(30-25)15-22(32-37(33)27(3,4)5)18-8-6-7-9-19(18)26-20-11-10-17(28)14-24(20)36-31-26/h6-14,16,22,32H,15H2,1-5H3/t22?,37-/m0/s1. The molecule has 0 spiro atoms. The molecule has 0 radical (unpaired) electrons. The minimum atomic E-state index is -3.73. The monoisotopic (exact) mass is 577 g/mol. The van der Waals surface area contributed by atoms with E-state index in [0.717, 1.165) is 11.5 Å². The van der Waals surface area contributed by atoms with E-state index in [-0.39, 0.29) is 17.1 Å². The second kappa shape index (κ2) is 10.9. The lowest BCUT2D eigenvalue weighted by molar-refractivity contribution is 0.459. The molecular formula is C27H29ClFN3O4S2. The van der Waals surface area contributed by atoms with Gasteiger partial charge >= 0.3 is 0 Å². The predicted molar refractivity (Wildman–Crippen MR) is 148 cm³/mol. The zero-order valence-electron chi connectivity index (χ0n) is 21.7. The van der Waals surface area contributed by atoms with Crippen molar-refractivity contribution in [2.45, 2.75) is 62.1 Å². The Balaban J connectivity index is 1.84. The second-order valence-corrected chi connectivity index (χ2v) is 15.1. The molecule has 0 bridgehead atoms. The highest BCUT2D eigenvalue weighted by molar-refractivity contribution is 7.92. The van der Waals surface area contributed by atoms with Crippen LogP contribution in [0.5, 0.6) is 0 Å². The van der Waals surface area contributed by atoms with Crippen LogP contribution >= 0.6 is 11.6 Å². The van der Waals surface area contributed by atoms with E-state index in [1.807, 2.05) is 45.0 Å². The first-order valence-electron chi connectivity index (χ1n) is 12.0. The fourth-order valence-electron chi connectivity index (χ4n) is 3.84. The zero-order chi connectivity index (χ0) is 27.8. The molecule has 0 aliphatic heterocycles. The Kier molecular flexibility index (Phi) is 8.20. The van der Waals surface area contributed by atoms with Gasteiger partial charge in [0, 0.05) is 39.8 Å². The van der Waals surface area contributed by atoms with E-state index in [4.69, 9.17) is 16.1 Å². The average molecular weight is 578 g/mol. The Morgan fingerprint density at radius 1 is 1.13 bits per heavy atom. The maximum Gasteiger partial charge on any atom is 0.197 e. The summed E-state index contributed by atoms with van der Waals surface area (Å²) >= 11 is 4.57. The number of halogens is 2. The van der Waals surface area contributed by atoms with E-state index in [0.29, 0.717) is 27.4 Å². The molecule has 4 rings (SSSR count). The topological polar surface area (TPSA) is 108 Å². The molecule has 1 unspecified atom stereocenters. The van der Waals surface area contributed by atoms with Gasteiger partial charge in [0.25, 0.3) is 0 Å². The van der Waals surface area contributed by atoms with Gasteiger partial charge in [-0.15, -0.1) is 4.72 Å². The van der Waals surface area contributed by atoms with Crippen molar-refractivity contribution in [3.8, 4) is 11.3 Å². The lowest BCUT2D eigenvalue weighted by atomic mass is 9.94. The lowest BCUT2D eigenvalue weighted by Gasteiger charge is -2.29. The number of sulfone groups is 1. The molecule has 0 amide bonds. The summed E-state index contributed by atoms with van der Waals surface area (Å²) in [5.74, 6) is -0.653. The summed E-state index contributed by atoms with van der Waals surface area (Å²) in [5, 5.41) is 4.58. The SMILES string of the molecule is CC(C)S(=O)(=O)c1ccc(F)c(CC(N[S@@+]([O-])C(C)(C)C)c2ccccc2-c2noc3cc(Cl)ccc23)n1. The summed E-state index contributed by atoms with van der Waals surface area (Å²) in [7, 11) is -3.73. The third kappa shape index (κ3) is 5.89. The van der Waals surface area contributed by atoms with E-state index < -0.39 is 43.1 Å². The summed E-state index contributed by atoms with van der Waals surface area (Å²) in [6.45, 7) is 8.55. The van der Waals surface area contributed by atoms with Gasteiger partial charge in [0.1, 0.15) is 16.3 Å². The smallest absolute Gasteiger partial charge is 0.197 e. The Hall–Kier alpha value is -2.50. The van der Waals surface area contributed by atoms with E-state index in [9.17, 15) is 13.0 Å². The van der Waals surface area contributed by atoms with Gasteiger partial charge < -0.3 is 9.08 Å². The van der Waals surface area contributed by atoms with Crippen LogP contribution in [0.1, 0.15) is 51.9 Å². The van der Waals surface area contributed by atoms with E-state index in [1.54, 1.807) is 32.0 Å². The maximum atomic E-state index is 15.0. The number of benzene rings is 2. The number of pyridine rings is 1. The number of hydrogen-bond acceptors (Lipinski definition) is 7. The molecule has 202 valence electrons. The number of aromatic nitrogens is 2. The first kappa shape index (κ1) is 28.5. The quantitative estimate of drug-likeness (QED) is 0.248. The molecule has 0 saturated heterocycles. The minimum Gasteiger partial charge on any atom is -0.598 e. The van der Waals surface area contributed by atoms with Crippen molar-refractivity contribution in [2.24, 2.45) is 0 Å². The Labute approximate surface area is 230 Å². The number of hydrogen-bond donors (Lipinski definition) is 1. The van der Waals surface area contributed by atoms with Crippen LogP contribution in [0.3, 0.4) is 0 Å². The minimum absolute atomic E-state index is 0.0540. The van der Waals surface area contributed by atoms with Crippen molar-refractivity contribution in [2.75, 3.05) is 0 Å². The number of fused-ring (bicyclic) bond motifs is 1. The number of nitrogens with one attached hydrogen (secondary N) is 1. The van der Waals surface area contributed by atoms with Crippen LogP contribution in [0.25, 0.3) is 22.2 Å². The Morgan fingerprint density at radius 3 is 2.53 bits per heavy atom. The highest BCUT2D eigenvalue weighted by Crippen LogP contribution is 2.36. The largest absolute Gasteiger partial charge is 0.598 e. The van der Waals surface area contributed by atoms with E-state index in [1.165, 1.54) is 6.07 Å². The third-order valence-corrected chi connectivity index (χ3v) is 9.93. The summed E-state index contributed by atoms with van der Waals surface area (Å²) in [4.78, 5) is 4.20. The number of nitrogens with zero attached hydrogens (tertiary/aromatic N) is 2. The molecule has 2 aromatic carbocycles. The third-order valence-electron chi connectivity index (χ3n) is 6.03. The Bertz CT molecular complexity index is 1570. The molecule has 2 atom stereocenters. The van der Waals surface area contributed by atoms with Crippen LogP contribution in [0.2, 0.25) is 5.02 Å². The zero-order valence-corrected chi connectivity index (χ0v) is 24.0. The highest BCUT2D eigenvalue weighted by Gasteiger charge is 2.33. The van der Waals surface area contributed by atoms with Crippen LogP contribution < -0.4 is 4.72 Å². The first-order chi connectivity index (χ1) is 17.8. The summed E-state index contributed by atoms with van der Waals surface area (Å²) in [6, 6.07) is 14.1. The van der Waals surface area contributed by atoms with Gasteiger partial charge in [-0.25, -0.2) is 17.8 Å². The molecule has 0 aliphatic rings. The van der Waals surface area contributed by atoms with Crippen LogP contribution in [0, 0.1) is 5.82 Å². The van der Waals surface area contributed by atoms with Crippen LogP contribution in [-0.4, -0.2) is 33.1 Å². The molecule has 1 N–H and O–H groups in total. The summed E-state index contributed by atoms with van der Waals surface area (Å²) in [5.41, 5.74) is 2.35. The van der Waals surface area contributed by atoms with E-state index in [2.05, 4.69) is 14.9 Å². The van der Waals surface area contributed by atoms with Gasteiger partial charge in [-0.2, -0.15) is 0 Å². The molecule has 2 heterocycles. The van der Waals surface area contributed by atoms with Gasteiger partial charge in [0.2, 0.25) is 0 Å². The van der Waals surface area contributed by atoms with Crippen LogP contribution in [0.4, 0.5) is 4.39 Å². The number of rotatable bonds is 8. The van der Waals surface area contributed by atoms with Crippen LogP contribution in [0.15, 0.2) is 64.1 Å². The van der Waals surface area contributed by atoms with Gasteiger partial charge in [-0.3, -0.25) is 0 Å². The molecule has 11 heteroatoms. The average Bonchev–Trinajstić information content (AvgIpc) is 3.26. The van der Waals surface area contributed by atoms with Crippen LogP contribution in [-0.2, 0) is 27.6 Å². The molecule has 2 aromatic heterocycles. The first-order valence-corrected chi connectivity index (χ1v) is 15.1. The normalized spacial score (nSPS) is 14.2. The molecular weight excluding hydrogens is 549 g/mol. The van der Waals surface area contributed by atoms with Gasteiger partial charge in [-0.05, 0) is 64.4 Å². The molecule has 0 fully saturated rings. The molecule has 0 saturated carbocycles. The van der Waals surface area contributed by atoms with Crippen molar-refractivity contribution in [1.29, 1.82) is 0 Å². The van der Waals surface area contributed by atoms with Crippen molar-refractivity contribution in [3.05, 3.63) is 76.7 Å². The van der Waals surface area contributed by atoms with Gasteiger partial charge in [0.15, 0.2) is 20.4 Å².